The van der Waals surface area contributed by atoms with Gasteiger partial charge < -0.3 is 15.2 Å². The summed E-state index contributed by atoms with van der Waals surface area (Å²) in [6.45, 7) is 3.02. The van der Waals surface area contributed by atoms with Gasteiger partial charge in [-0.25, -0.2) is 9.18 Å². The van der Waals surface area contributed by atoms with Crippen molar-refractivity contribution in [3.63, 3.8) is 0 Å². The molecule has 1 atom stereocenters. The van der Waals surface area contributed by atoms with E-state index in [1.807, 2.05) is 18.2 Å². The maximum Gasteiger partial charge on any atom is 0.337 e. The number of carboxylic acid groups (broad SMARTS) is 1. The maximum absolute atomic E-state index is 14.2. The van der Waals surface area contributed by atoms with E-state index in [2.05, 4.69) is 36.5 Å². The van der Waals surface area contributed by atoms with Crippen LogP contribution in [0.2, 0.25) is 5.02 Å². The molecule has 0 fully saturated rings. The standard InChI is InChI=1S/C27H23ClFNO3/c1-17(23-8-4-6-18-5-2-3-7-24(18)23)30-11-12-33-22-14-20(13-21(29)16-22)19-9-10-26(28)25(15-19)27(31)32/h2-10,13-17,30H,11-12H2,1H3,(H,31,32)/t17-/m1/s1. The van der Waals surface area contributed by atoms with Crippen molar-refractivity contribution in [3.05, 3.63) is 101 Å². The highest BCUT2D eigenvalue weighted by Crippen LogP contribution is 2.29. The highest BCUT2D eigenvalue weighted by Gasteiger charge is 2.12. The second-order valence-corrected chi connectivity index (χ2v) is 8.18. The van der Waals surface area contributed by atoms with Crippen molar-refractivity contribution in [2.45, 2.75) is 13.0 Å². The molecular formula is C27H23ClFNO3. The zero-order chi connectivity index (χ0) is 23.4. The molecule has 33 heavy (non-hydrogen) atoms. The highest BCUT2D eigenvalue weighted by molar-refractivity contribution is 6.33. The van der Waals surface area contributed by atoms with Crippen LogP contribution in [0.3, 0.4) is 0 Å². The summed E-state index contributed by atoms with van der Waals surface area (Å²) in [7, 11) is 0. The number of halogens is 2. The van der Waals surface area contributed by atoms with E-state index in [-0.39, 0.29) is 16.6 Å². The first kappa shape index (κ1) is 22.8. The third-order valence-electron chi connectivity index (χ3n) is 5.51. The number of nitrogens with one attached hydrogen (secondary N) is 1. The molecule has 0 heterocycles. The van der Waals surface area contributed by atoms with E-state index in [0.29, 0.717) is 30.0 Å². The lowest BCUT2D eigenvalue weighted by Crippen LogP contribution is -2.24. The van der Waals surface area contributed by atoms with Crippen LogP contribution in [0.15, 0.2) is 78.9 Å². The van der Waals surface area contributed by atoms with E-state index in [4.69, 9.17) is 16.3 Å². The smallest absolute Gasteiger partial charge is 0.337 e. The van der Waals surface area contributed by atoms with Crippen LogP contribution in [0.1, 0.15) is 28.9 Å². The minimum absolute atomic E-state index is 0.0347. The number of fused-ring (bicyclic) bond motifs is 1. The van der Waals surface area contributed by atoms with Gasteiger partial charge in [-0.3, -0.25) is 0 Å². The SMILES string of the molecule is C[C@@H](NCCOc1cc(F)cc(-c2ccc(Cl)c(C(=O)O)c2)c1)c1cccc2ccccc12. The highest BCUT2D eigenvalue weighted by atomic mass is 35.5. The number of hydrogen-bond acceptors (Lipinski definition) is 3. The molecule has 0 bridgehead atoms. The summed E-state index contributed by atoms with van der Waals surface area (Å²) < 4.78 is 20.0. The molecule has 0 aromatic heterocycles. The van der Waals surface area contributed by atoms with E-state index in [1.165, 1.54) is 40.6 Å². The van der Waals surface area contributed by atoms with Crippen LogP contribution in [0, 0.1) is 5.82 Å². The number of carboxylic acids is 1. The molecule has 4 aromatic rings. The number of hydrogen-bond donors (Lipinski definition) is 2. The average molecular weight is 464 g/mol. The molecule has 0 amide bonds. The van der Waals surface area contributed by atoms with E-state index in [9.17, 15) is 14.3 Å². The normalized spacial score (nSPS) is 12.0. The molecule has 0 aliphatic rings. The quantitative estimate of drug-likeness (QED) is 0.284. The Bertz CT molecular complexity index is 1300. The van der Waals surface area contributed by atoms with Gasteiger partial charge in [-0.2, -0.15) is 0 Å². The fourth-order valence-electron chi connectivity index (χ4n) is 3.86. The summed E-state index contributed by atoms with van der Waals surface area (Å²) in [4.78, 5) is 11.4. The van der Waals surface area contributed by atoms with Crippen LogP contribution >= 0.6 is 11.6 Å². The minimum atomic E-state index is -1.14. The summed E-state index contributed by atoms with van der Waals surface area (Å²) in [6, 6.07) is 23.5. The van der Waals surface area contributed by atoms with Crippen molar-refractivity contribution in [3.8, 4) is 16.9 Å². The number of rotatable bonds is 8. The largest absolute Gasteiger partial charge is 0.492 e. The Balaban J connectivity index is 1.42. The van der Waals surface area contributed by atoms with Crippen molar-refractivity contribution >= 4 is 28.3 Å². The lowest BCUT2D eigenvalue weighted by atomic mass is 10.00. The second kappa shape index (κ2) is 10.0. The van der Waals surface area contributed by atoms with E-state index in [0.717, 1.165) is 0 Å². The van der Waals surface area contributed by atoms with Gasteiger partial charge in [0, 0.05) is 18.7 Å². The zero-order valence-electron chi connectivity index (χ0n) is 18.0. The first-order valence-electron chi connectivity index (χ1n) is 10.6. The van der Waals surface area contributed by atoms with Crippen LogP contribution in [-0.4, -0.2) is 24.2 Å². The minimum Gasteiger partial charge on any atom is -0.492 e. The van der Waals surface area contributed by atoms with Gasteiger partial charge in [0.25, 0.3) is 0 Å². The van der Waals surface area contributed by atoms with Crippen molar-refractivity contribution in [2.75, 3.05) is 13.2 Å². The van der Waals surface area contributed by atoms with Crippen LogP contribution in [0.4, 0.5) is 4.39 Å². The molecule has 0 aliphatic heterocycles. The number of carbonyl (C=O) groups is 1. The average Bonchev–Trinajstić information content (AvgIpc) is 2.81. The van der Waals surface area contributed by atoms with Crippen molar-refractivity contribution in [1.82, 2.24) is 5.32 Å². The summed E-state index contributed by atoms with van der Waals surface area (Å²) in [5.74, 6) is -1.23. The Labute approximate surface area is 196 Å². The fraction of sp³-hybridized carbons (Fsp3) is 0.148. The van der Waals surface area contributed by atoms with E-state index in [1.54, 1.807) is 12.1 Å². The lowest BCUT2D eigenvalue weighted by molar-refractivity contribution is 0.0697. The predicted molar refractivity (Wildman–Crippen MR) is 130 cm³/mol. The van der Waals surface area contributed by atoms with Gasteiger partial charge in [0.05, 0.1) is 10.6 Å². The fourth-order valence-corrected chi connectivity index (χ4v) is 4.06. The molecule has 0 spiro atoms. The predicted octanol–water partition coefficient (Wildman–Crippen LogP) is 6.73. The van der Waals surface area contributed by atoms with Crippen molar-refractivity contribution < 1.29 is 19.0 Å². The maximum atomic E-state index is 14.2. The van der Waals surface area contributed by atoms with E-state index >= 15 is 0 Å². The third-order valence-corrected chi connectivity index (χ3v) is 5.84. The van der Waals surface area contributed by atoms with Gasteiger partial charge in [-0.15, -0.1) is 0 Å². The Morgan fingerprint density at radius 2 is 1.82 bits per heavy atom. The molecule has 6 heteroatoms. The molecule has 0 radical (unpaired) electrons. The van der Waals surface area contributed by atoms with E-state index < -0.39 is 11.8 Å². The molecule has 0 saturated carbocycles. The molecular weight excluding hydrogens is 441 g/mol. The zero-order valence-corrected chi connectivity index (χ0v) is 18.8. The summed E-state index contributed by atoms with van der Waals surface area (Å²) in [5.41, 5.74) is 2.23. The first-order chi connectivity index (χ1) is 15.9. The second-order valence-electron chi connectivity index (χ2n) is 7.77. The van der Waals surface area contributed by atoms with Gasteiger partial charge in [0.15, 0.2) is 0 Å². The van der Waals surface area contributed by atoms with Crippen LogP contribution in [0.25, 0.3) is 21.9 Å². The Hall–Kier alpha value is -3.41. The topological polar surface area (TPSA) is 58.6 Å². The first-order valence-corrected chi connectivity index (χ1v) is 11.0. The molecule has 4 aromatic carbocycles. The number of aromatic carboxylic acids is 1. The Morgan fingerprint density at radius 3 is 2.64 bits per heavy atom. The van der Waals surface area contributed by atoms with Crippen molar-refractivity contribution in [1.29, 1.82) is 0 Å². The van der Waals surface area contributed by atoms with Gasteiger partial charge in [0.2, 0.25) is 0 Å². The summed E-state index contributed by atoms with van der Waals surface area (Å²) in [5, 5.41) is 15.3. The summed E-state index contributed by atoms with van der Waals surface area (Å²) in [6.07, 6.45) is 0. The number of benzene rings is 4. The summed E-state index contributed by atoms with van der Waals surface area (Å²) >= 11 is 5.94. The third kappa shape index (κ3) is 5.33. The van der Waals surface area contributed by atoms with Crippen LogP contribution < -0.4 is 10.1 Å². The molecule has 168 valence electrons. The molecule has 2 N–H and O–H groups in total. The van der Waals surface area contributed by atoms with Crippen molar-refractivity contribution in [2.24, 2.45) is 0 Å². The van der Waals surface area contributed by atoms with Crippen LogP contribution in [0.5, 0.6) is 5.75 Å². The molecule has 4 nitrogen and oxygen atoms in total. The molecule has 0 aliphatic carbocycles. The lowest BCUT2D eigenvalue weighted by Gasteiger charge is -2.17. The number of ether oxygens (including phenoxy) is 1. The van der Waals surface area contributed by atoms with Gasteiger partial charge in [-0.05, 0) is 58.7 Å². The molecule has 0 saturated heterocycles. The Kier molecular flexibility index (Phi) is 6.92. The Morgan fingerprint density at radius 1 is 1.03 bits per heavy atom. The van der Waals surface area contributed by atoms with Gasteiger partial charge >= 0.3 is 5.97 Å². The van der Waals surface area contributed by atoms with Crippen LogP contribution in [-0.2, 0) is 0 Å². The molecule has 0 unspecified atom stereocenters. The monoisotopic (exact) mass is 463 g/mol. The molecule has 4 rings (SSSR count). The van der Waals surface area contributed by atoms with Gasteiger partial charge in [0.1, 0.15) is 18.2 Å². The van der Waals surface area contributed by atoms with Gasteiger partial charge in [-0.1, -0.05) is 60.1 Å².